The molecule has 0 saturated carbocycles. The van der Waals surface area contributed by atoms with Crippen molar-refractivity contribution in [2.45, 2.75) is 27.7 Å². The Balaban J connectivity index is 0.000000671. The molecule has 0 heterocycles. The highest BCUT2D eigenvalue weighted by Crippen LogP contribution is 2.15. The lowest BCUT2D eigenvalue weighted by molar-refractivity contribution is 0.565. The Bertz CT molecular complexity index is 312. The molecule has 0 spiro atoms. The number of rotatable bonds is 1. The summed E-state index contributed by atoms with van der Waals surface area (Å²) in [5.41, 5.74) is 3.01. The summed E-state index contributed by atoms with van der Waals surface area (Å²) in [6.07, 6.45) is 1.51. The summed E-state index contributed by atoms with van der Waals surface area (Å²) in [5.74, 6) is 0. The van der Waals surface area contributed by atoms with Crippen LogP contribution in [0, 0.1) is 13.8 Å². The monoisotopic (exact) mass is 177 g/mol. The number of hydrogen-bond donors (Lipinski definition) is 0. The van der Waals surface area contributed by atoms with E-state index in [9.17, 15) is 4.79 Å². The molecule has 1 rings (SSSR count). The van der Waals surface area contributed by atoms with Crippen molar-refractivity contribution in [1.29, 1.82) is 0 Å². The quantitative estimate of drug-likeness (QED) is 0.478. The smallest absolute Gasteiger partial charge is 0.211 e. The van der Waals surface area contributed by atoms with Crippen LogP contribution in [0.25, 0.3) is 0 Å². The fourth-order valence-electron chi connectivity index (χ4n) is 0.848. The van der Waals surface area contributed by atoms with Gasteiger partial charge < -0.3 is 0 Å². The fourth-order valence-corrected chi connectivity index (χ4v) is 0.848. The van der Waals surface area contributed by atoms with Gasteiger partial charge in [-0.3, -0.25) is 0 Å². The molecule has 0 unspecified atom stereocenters. The molecule has 0 N–H and O–H groups in total. The van der Waals surface area contributed by atoms with Gasteiger partial charge in [0.05, 0.1) is 5.69 Å². The predicted octanol–water partition coefficient (Wildman–Crippen LogP) is 3.30. The van der Waals surface area contributed by atoms with Gasteiger partial charge in [0.15, 0.2) is 0 Å². The van der Waals surface area contributed by atoms with Crippen molar-refractivity contribution in [3.05, 3.63) is 29.3 Å². The third-order valence-electron chi connectivity index (χ3n) is 1.67. The van der Waals surface area contributed by atoms with Gasteiger partial charge in [-0.15, -0.1) is 0 Å². The number of isocyanates is 1. The Morgan fingerprint density at radius 2 is 1.77 bits per heavy atom. The maximum absolute atomic E-state index is 9.88. The maximum Gasteiger partial charge on any atom is 0.240 e. The molecule has 13 heavy (non-hydrogen) atoms. The molecule has 0 amide bonds. The standard InChI is InChI=1S/C9H9NO.C2H6/c1-7-3-4-9(10-6-11)5-8(7)2;1-2/h3-5H,1-2H3;1-2H3. The summed E-state index contributed by atoms with van der Waals surface area (Å²) >= 11 is 0. The number of nitrogens with zero attached hydrogens (tertiary/aromatic N) is 1. The van der Waals surface area contributed by atoms with Gasteiger partial charge in [-0.25, -0.2) is 4.79 Å². The zero-order valence-corrected chi connectivity index (χ0v) is 8.59. The Hall–Kier alpha value is -1.40. The number of aliphatic imine (C=N–C) groups is 1. The van der Waals surface area contributed by atoms with Gasteiger partial charge in [0.2, 0.25) is 6.08 Å². The highest BCUT2D eigenvalue weighted by atomic mass is 16.1. The summed E-state index contributed by atoms with van der Waals surface area (Å²) in [6.45, 7) is 8.00. The molecule has 1 aromatic carbocycles. The number of hydrogen-bond acceptors (Lipinski definition) is 2. The van der Waals surface area contributed by atoms with Crippen molar-refractivity contribution in [3.63, 3.8) is 0 Å². The van der Waals surface area contributed by atoms with Crippen LogP contribution in [-0.4, -0.2) is 6.08 Å². The van der Waals surface area contributed by atoms with Gasteiger partial charge in [0.1, 0.15) is 0 Å². The van der Waals surface area contributed by atoms with Crippen LogP contribution < -0.4 is 0 Å². The van der Waals surface area contributed by atoms with Crippen molar-refractivity contribution in [1.82, 2.24) is 0 Å². The lowest BCUT2D eigenvalue weighted by Gasteiger charge is -1.97. The molecule has 0 aromatic heterocycles. The Morgan fingerprint density at radius 3 is 2.23 bits per heavy atom. The average molecular weight is 177 g/mol. The first kappa shape index (κ1) is 11.6. The van der Waals surface area contributed by atoms with Crippen molar-refractivity contribution in [2.75, 3.05) is 0 Å². The first-order valence-corrected chi connectivity index (χ1v) is 4.39. The van der Waals surface area contributed by atoms with E-state index in [0.717, 1.165) is 5.56 Å². The molecule has 2 heteroatoms. The van der Waals surface area contributed by atoms with E-state index in [4.69, 9.17) is 0 Å². The van der Waals surface area contributed by atoms with E-state index in [1.54, 1.807) is 6.07 Å². The summed E-state index contributed by atoms with van der Waals surface area (Å²) < 4.78 is 0. The van der Waals surface area contributed by atoms with Gasteiger partial charge in [0, 0.05) is 0 Å². The van der Waals surface area contributed by atoms with Gasteiger partial charge in [-0.2, -0.15) is 4.99 Å². The fraction of sp³-hybridized carbons (Fsp3) is 0.364. The van der Waals surface area contributed by atoms with E-state index in [-0.39, 0.29) is 0 Å². The van der Waals surface area contributed by atoms with E-state index >= 15 is 0 Å². The average Bonchev–Trinajstić information content (AvgIpc) is 2.15. The number of aryl methyl sites for hydroxylation is 2. The van der Waals surface area contributed by atoms with Gasteiger partial charge in [-0.1, -0.05) is 19.9 Å². The summed E-state index contributed by atoms with van der Waals surface area (Å²) in [6, 6.07) is 5.60. The zero-order valence-electron chi connectivity index (χ0n) is 8.59. The maximum atomic E-state index is 9.88. The van der Waals surface area contributed by atoms with Crippen LogP contribution in [-0.2, 0) is 4.79 Å². The van der Waals surface area contributed by atoms with Crippen molar-refractivity contribution in [2.24, 2.45) is 4.99 Å². The van der Waals surface area contributed by atoms with Crippen LogP contribution in [0.2, 0.25) is 0 Å². The molecular formula is C11H15NO. The highest BCUT2D eigenvalue weighted by molar-refractivity contribution is 5.51. The van der Waals surface area contributed by atoms with Gasteiger partial charge in [0.25, 0.3) is 0 Å². The minimum absolute atomic E-state index is 0.670. The lowest BCUT2D eigenvalue weighted by atomic mass is 10.1. The zero-order chi connectivity index (χ0) is 10.3. The van der Waals surface area contributed by atoms with E-state index in [0.29, 0.717) is 5.69 Å². The second kappa shape index (κ2) is 6.15. The number of carbonyl (C=O) groups excluding carboxylic acids is 1. The van der Waals surface area contributed by atoms with Gasteiger partial charge >= 0.3 is 0 Å². The largest absolute Gasteiger partial charge is 0.240 e. The molecule has 0 radical (unpaired) electrons. The Morgan fingerprint density at radius 1 is 1.15 bits per heavy atom. The highest BCUT2D eigenvalue weighted by Gasteiger charge is 1.92. The molecule has 0 saturated heterocycles. The van der Waals surface area contributed by atoms with Crippen molar-refractivity contribution < 1.29 is 4.79 Å². The van der Waals surface area contributed by atoms with E-state index in [2.05, 4.69) is 4.99 Å². The SMILES string of the molecule is CC.Cc1ccc(N=C=O)cc1C. The minimum Gasteiger partial charge on any atom is -0.211 e. The topological polar surface area (TPSA) is 29.4 Å². The minimum atomic E-state index is 0.670. The van der Waals surface area contributed by atoms with Crippen LogP contribution >= 0.6 is 0 Å². The third-order valence-corrected chi connectivity index (χ3v) is 1.67. The summed E-state index contributed by atoms with van der Waals surface area (Å²) in [7, 11) is 0. The normalized spacial score (nSPS) is 8.00. The van der Waals surface area contributed by atoms with Gasteiger partial charge in [-0.05, 0) is 37.1 Å². The number of benzene rings is 1. The van der Waals surface area contributed by atoms with Crippen LogP contribution in [0.5, 0.6) is 0 Å². The summed E-state index contributed by atoms with van der Waals surface area (Å²) in [4.78, 5) is 13.4. The first-order chi connectivity index (χ1) is 6.24. The molecule has 2 nitrogen and oxygen atoms in total. The molecule has 0 aliphatic rings. The predicted molar refractivity (Wildman–Crippen MR) is 55.0 cm³/mol. The van der Waals surface area contributed by atoms with Crippen LogP contribution in [0.4, 0.5) is 5.69 Å². The molecule has 0 atom stereocenters. The molecule has 70 valence electrons. The first-order valence-electron chi connectivity index (χ1n) is 4.39. The molecule has 1 aromatic rings. The third kappa shape index (κ3) is 3.68. The molecule has 0 aliphatic heterocycles. The Kier molecular flexibility index (Phi) is 5.49. The molecule has 0 bridgehead atoms. The molecular weight excluding hydrogens is 162 g/mol. The molecule has 0 fully saturated rings. The second-order valence-corrected chi connectivity index (χ2v) is 2.47. The van der Waals surface area contributed by atoms with Crippen LogP contribution in [0.1, 0.15) is 25.0 Å². The summed E-state index contributed by atoms with van der Waals surface area (Å²) in [5, 5.41) is 0. The lowest BCUT2D eigenvalue weighted by Crippen LogP contribution is -1.77. The Labute approximate surface area is 79.3 Å². The molecule has 0 aliphatic carbocycles. The van der Waals surface area contributed by atoms with Crippen molar-refractivity contribution >= 4 is 11.8 Å². The van der Waals surface area contributed by atoms with E-state index in [1.165, 1.54) is 11.6 Å². The van der Waals surface area contributed by atoms with Crippen LogP contribution in [0.15, 0.2) is 23.2 Å². The van der Waals surface area contributed by atoms with E-state index < -0.39 is 0 Å². The second-order valence-electron chi connectivity index (χ2n) is 2.47. The van der Waals surface area contributed by atoms with E-state index in [1.807, 2.05) is 39.8 Å². The van der Waals surface area contributed by atoms with Crippen LogP contribution in [0.3, 0.4) is 0 Å². The van der Waals surface area contributed by atoms with Crippen molar-refractivity contribution in [3.8, 4) is 0 Å².